The van der Waals surface area contributed by atoms with Crippen LogP contribution < -0.4 is 0 Å². The number of carbonyl (C=O) groups is 2. The summed E-state index contributed by atoms with van der Waals surface area (Å²) in [7, 11) is 0. The highest BCUT2D eigenvalue weighted by Gasteiger charge is 2.10. The minimum atomic E-state index is -0.513. The van der Waals surface area contributed by atoms with Crippen LogP contribution in [0.4, 0.5) is 11.4 Å². The molecule has 0 aliphatic rings. The van der Waals surface area contributed by atoms with Crippen LogP contribution in [0.1, 0.15) is 32.1 Å². The maximum Gasteiger partial charge on any atom is 0.269 e. The highest BCUT2D eigenvalue weighted by atomic mass is 16.6. The van der Waals surface area contributed by atoms with Gasteiger partial charge in [0, 0.05) is 24.3 Å². The van der Waals surface area contributed by atoms with Crippen molar-refractivity contribution in [3.63, 3.8) is 0 Å². The van der Waals surface area contributed by atoms with Crippen molar-refractivity contribution in [1.29, 1.82) is 0 Å². The normalized spacial score (nSPS) is 11.0. The van der Waals surface area contributed by atoms with Crippen LogP contribution in [-0.4, -0.2) is 26.4 Å². The van der Waals surface area contributed by atoms with Gasteiger partial charge < -0.3 is 0 Å². The van der Waals surface area contributed by atoms with Gasteiger partial charge >= 0.3 is 0 Å². The Morgan fingerprint density at radius 1 is 0.656 bits per heavy atom. The molecule has 1 aromatic heterocycles. The standard InChI is InChI=1S/C23H15N3O6/c27-22(14-8-16-4-10-18(11-5-16)25(29)30)20-2-1-3-21(24-20)23(28)15-9-17-6-12-19(13-7-17)26(31)32/h1-15H/b14-8-,15-9+. The van der Waals surface area contributed by atoms with Crippen LogP contribution in [-0.2, 0) is 0 Å². The summed E-state index contributed by atoms with van der Waals surface area (Å²) in [5.74, 6) is -0.866. The zero-order valence-corrected chi connectivity index (χ0v) is 16.5. The molecule has 0 saturated heterocycles. The fraction of sp³-hybridized carbons (Fsp3) is 0. The van der Waals surface area contributed by atoms with Crippen molar-refractivity contribution >= 4 is 35.1 Å². The van der Waals surface area contributed by atoms with Gasteiger partial charge in [-0.3, -0.25) is 29.8 Å². The summed E-state index contributed by atoms with van der Waals surface area (Å²) in [6.45, 7) is 0. The first-order chi connectivity index (χ1) is 15.3. The lowest BCUT2D eigenvalue weighted by Gasteiger charge is -1.99. The lowest BCUT2D eigenvalue weighted by molar-refractivity contribution is -0.385. The van der Waals surface area contributed by atoms with Gasteiger partial charge in [-0.05, 0) is 59.7 Å². The minimum absolute atomic E-state index is 0.0527. The Morgan fingerprint density at radius 2 is 1.03 bits per heavy atom. The number of ketones is 2. The van der Waals surface area contributed by atoms with Crippen molar-refractivity contribution in [2.45, 2.75) is 0 Å². The third-order valence-electron chi connectivity index (χ3n) is 4.32. The number of allylic oxidation sites excluding steroid dienone is 2. The number of carbonyl (C=O) groups excluding carboxylic acids is 2. The summed E-state index contributed by atoms with van der Waals surface area (Å²) in [5.41, 5.74) is 1.23. The molecular formula is C23H15N3O6. The van der Waals surface area contributed by atoms with Gasteiger partial charge in [0.25, 0.3) is 11.4 Å². The summed E-state index contributed by atoms with van der Waals surface area (Å²) in [6.07, 6.45) is 5.53. The second-order valence-electron chi connectivity index (χ2n) is 6.50. The quantitative estimate of drug-likeness (QED) is 0.219. The molecule has 0 unspecified atom stereocenters. The van der Waals surface area contributed by atoms with Crippen LogP contribution in [0.2, 0.25) is 0 Å². The molecule has 2 aromatic carbocycles. The van der Waals surface area contributed by atoms with Crippen molar-refractivity contribution in [2.24, 2.45) is 0 Å². The van der Waals surface area contributed by atoms with Crippen molar-refractivity contribution in [3.05, 3.63) is 122 Å². The molecule has 32 heavy (non-hydrogen) atoms. The molecule has 0 saturated carbocycles. The third-order valence-corrected chi connectivity index (χ3v) is 4.32. The molecule has 0 aliphatic carbocycles. The Labute approximate surface area is 181 Å². The van der Waals surface area contributed by atoms with Gasteiger partial charge in [-0.1, -0.05) is 18.2 Å². The average Bonchev–Trinajstić information content (AvgIpc) is 2.81. The SMILES string of the molecule is O=C(/C=C\c1ccc([N+](=O)[O-])cc1)c1cccc(C(=O)/C=C/c2ccc([N+](=O)[O-])cc2)n1. The van der Waals surface area contributed by atoms with Crippen LogP contribution in [0.15, 0.2) is 78.9 Å². The van der Waals surface area contributed by atoms with E-state index in [0.29, 0.717) is 11.1 Å². The van der Waals surface area contributed by atoms with Crippen molar-refractivity contribution in [2.75, 3.05) is 0 Å². The Hall–Kier alpha value is -4.79. The summed E-state index contributed by atoms with van der Waals surface area (Å²) in [6, 6.07) is 15.9. The molecule has 9 heteroatoms. The second-order valence-corrected chi connectivity index (χ2v) is 6.50. The molecule has 0 N–H and O–H groups in total. The molecule has 0 radical (unpaired) electrons. The van der Waals surface area contributed by atoms with Crippen molar-refractivity contribution in [3.8, 4) is 0 Å². The number of hydrogen-bond acceptors (Lipinski definition) is 7. The van der Waals surface area contributed by atoms with E-state index in [1.54, 1.807) is 0 Å². The summed E-state index contributed by atoms with van der Waals surface area (Å²) in [5, 5.41) is 21.4. The second kappa shape index (κ2) is 9.81. The number of pyridine rings is 1. The highest BCUT2D eigenvalue weighted by Crippen LogP contribution is 2.15. The van der Waals surface area contributed by atoms with E-state index in [0.717, 1.165) is 0 Å². The first-order valence-electron chi connectivity index (χ1n) is 9.24. The molecule has 0 aliphatic heterocycles. The Bertz CT molecular complexity index is 1150. The van der Waals surface area contributed by atoms with E-state index in [1.165, 1.54) is 91.0 Å². The van der Waals surface area contributed by atoms with E-state index in [1.807, 2.05) is 0 Å². The molecule has 9 nitrogen and oxygen atoms in total. The van der Waals surface area contributed by atoms with E-state index < -0.39 is 21.4 Å². The van der Waals surface area contributed by atoms with Crippen LogP contribution >= 0.6 is 0 Å². The minimum Gasteiger partial charge on any atom is -0.288 e. The molecule has 0 amide bonds. The fourth-order valence-corrected chi connectivity index (χ4v) is 2.64. The molecule has 0 spiro atoms. The lowest BCUT2D eigenvalue weighted by Crippen LogP contribution is -2.05. The third kappa shape index (κ3) is 5.63. The highest BCUT2D eigenvalue weighted by molar-refractivity contribution is 6.08. The Kier molecular flexibility index (Phi) is 6.72. The molecule has 3 aromatic rings. The Morgan fingerprint density at radius 3 is 1.38 bits per heavy atom. The molecule has 0 fully saturated rings. The molecule has 0 atom stereocenters. The zero-order chi connectivity index (χ0) is 23.1. The first kappa shape index (κ1) is 21.9. The van der Waals surface area contributed by atoms with Gasteiger partial charge in [-0.15, -0.1) is 0 Å². The van der Waals surface area contributed by atoms with Gasteiger partial charge in [-0.25, -0.2) is 4.98 Å². The summed E-state index contributed by atoms with van der Waals surface area (Å²) >= 11 is 0. The number of benzene rings is 2. The van der Waals surface area contributed by atoms with Crippen LogP contribution in [0.25, 0.3) is 12.2 Å². The zero-order valence-electron chi connectivity index (χ0n) is 16.5. The molecule has 1 heterocycles. The molecule has 158 valence electrons. The van der Waals surface area contributed by atoms with E-state index >= 15 is 0 Å². The van der Waals surface area contributed by atoms with Gasteiger partial charge in [0.15, 0.2) is 0 Å². The van der Waals surface area contributed by atoms with E-state index in [-0.39, 0.29) is 22.8 Å². The topological polar surface area (TPSA) is 133 Å². The molecule has 3 rings (SSSR count). The smallest absolute Gasteiger partial charge is 0.269 e. The maximum absolute atomic E-state index is 12.4. The molecule has 0 bridgehead atoms. The predicted octanol–water partition coefficient (Wildman–Crippen LogP) is 4.69. The number of non-ortho nitro benzene ring substituents is 2. The number of nitrogens with zero attached hydrogens (tertiary/aromatic N) is 3. The van der Waals surface area contributed by atoms with E-state index in [4.69, 9.17) is 0 Å². The lowest BCUT2D eigenvalue weighted by atomic mass is 10.1. The van der Waals surface area contributed by atoms with Gasteiger partial charge in [0.05, 0.1) is 9.85 Å². The van der Waals surface area contributed by atoms with Crippen LogP contribution in [0.3, 0.4) is 0 Å². The largest absolute Gasteiger partial charge is 0.288 e. The number of nitro benzene ring substituents is 2. The summed E-state index contributed by atoms with van der Waals surface area (Å²) in [4.78, 5) is 49.2. The van der Waals surface area contributed by atoms with Gasteiger partial charge in [0.2, 0.25) is 11.6 Å². The van der Waals surface area contributed by atoms with E-state index in [9.17, 15) is 29.8 Å². The van der Waals surface area contributed by atoms with Gasteiger partial charge in [-0.2, -0.15) is 0 Å². The van der Waals surface area contributed by atoms with Crippen molar-refractivity contribution in [1.82, 2.24) is 4.98 Å². The van der Waals surface area contributed by atoms with Crippen LogP contribution in [0.5, 0.6) is 0 Å². The number of rotatable bonds is 8. The first-order valence-corrected chi connectivity index (χ1v) is 9.24. The Balaban J connectivity index is 1.69. The number of aromatic nitrogens is 1. The van der Waals surface area contributed by atoms with Crippen molar-refractivity contribution < 1.29 is 19.4 Å². The van der Waals surface area contributed by atoms with Gasteiger partial charge in [0.1, 0.15) is 11.4 Å². The van der Waals surface area contributed by atoms with Crippen LogP contribution in [0, 0.1) is 20.2 Å². The number of hydrogen-bond donors (Lipinski definition) is 0. The van der Waals surface area contributed by atoms with E-state index in [2.05, 4.69) is 4.98 Å². The maximum atomic E-state index is 12.4. The monoisotopic (exact) mass is 429 g/mol. The predicted molar refractivity (Wildman–Crippen MR) is 117 cm³/mol. The average molecular weight is 429 g/mol. The molecular weight excluding hydrogens is 414 g/mol. The number of nitro groups is 2. The fourth-order valence-electron chi connectivity index (χ4n) is 2.64. The summed E-state index contributed by atoms with van der Waals surface area (Å²) < 4.78 is 0.